The van der Waals surface area contributed by atoms with Crippen molar-refractivity contribution in [3.8, 4) is 17.0 Å². The molecule has 1 atom stereocenters. The number of aromatic nitrogens is 2. The number of hydrogen-bond acceptors (Lipinski definition) is 7. The van der Waals surface area contributed by atoms with E-state index in [1.54, 1.807) is 17.0 Å². The van der Waals surface area contributed by atoms with Crippen LogP contribution in [0.25, 0.3) is 11.1 Å². The fraction of sp³-hybridized carbons (Fsp3) is 0.560. The van der Waals surface area contributed by atoms with Crippen LogP contribution in [-0.2, 0) is 4.74 Å². The van der Waals surface area contributed by atoms with Crippen molar-refractivity contribution in [2.24, 2.45) is 5.41 Å². The molecule has 0 N–H and O–H groups in total. The first-order chi connectivity index (χ1) is 16.9. The van der Waals surface area contributed by atoms with Crippen LogP contribution in [0.2, 0.25) is 0 Å². The number of rotatable bonds is 5. The summed E-state index contributed by atoms with van der Waals surface area (Å²) in [5.74, 6) is -0.516. The Morgan fingerprint density at radius 2 is 1.94 bits per heavy atom. The summed E-state index contributed by atoms with van der Waals surface area (Å²) in [5, 5.41) is 0. The van der Waals surface area contributed by atoms with Crippen LogP contribution >= 0.6 is 0 Å². The summed E-state index contributed by atoms with van der Waals surface area (Å²) < 4.78 is 38.9. The van der Waals surface area contributed by atoms with Gasteiger partial charge in [0.25, 0.3) is 0 Å². The van der Waals surface area contributed by atoms with Gasteiger partial charge < -0.3 is 19.3 Å². The molecule has 3 fully saturated rings. The van der Waals surface area contributed by atoms with E-state index in [0.29, 0.717) is 24.0 Å². The van der Waals surface area contributed by atoms with Gasteiger partial charge in [0.2, 0.25) is 11.8 Å². The second kappa shape index (κ2) is 9.56. The third-order valence-electron chi connectivity index (χ3n) is 7.54. The molecular weight excluding hydrogens is 456 g/mol. The molecule has 3 aliphatic rings. The van der Waals surface area contributed by atoms with Gasteiger partial charge in [-0.25, -0.2) is 14.2 Å². The number of amides is 1. The van der Waals surface area contributed by atoms with Crippen molar-refractivity contribution in [2.75, 3.05) is 57.9 Å². The molecular formula is C25H31F2N5O3. The predicted octanol–water partition coefficient (Wildman–Crippen LogP) is 3.56. The molecule has 2 saturated heterocycles. The molecule has 10 heteroatoms. The van der Waals surface area contributed by atoms with Crippen molar-refractivity contribution >= 4 is 11.9 Å². The predicted molar refractivity (Wildman–Crippen MR) is 126 cm³/mol. The molecule has 1 aliphatic carbocycles. The van der Waals surface area contributed by atoms with E-state index in [0.717, 1.165) is 58.5 Å². The van der Waals surface area contributed by atoms with Crippen LogP contribution in [-0.4, -0.2) is 84.9 Å². The number of likely N-dealkylation sites (tertiary alicyclic amines) is 1. The minimum Gasteiger partial charge on any atom is -0.481 e. The lowest BCUT2D eigenvalue weighted by Crippen LogP contribution is -2.58. The monoisotopic (exact) mass is 487 g/mol. The van der Waals surface area contributed by atoms with Gasteiger partial charge in [0.05, 0.1) is 19.9 Å². The van der Waals surface area contributed by atoms with Crippen molar-refractivity contribution < 1.29 is 23.0 Å². The highest BCUT2D eigenvalue weighted by atomic mass is 19.1. The SMILES string of the molecule is CCOC(=O)N1CC2(CC[C@@H](N3CCN(c4ncc(F)cc4-c4ccc(OC)nc4F)CC3)C2)C1. The van der Waals surface area contributed by atoms with Crippen LogP contribution in [0.15, 0.2) is 24.4 Å². The molecule has 2 aliphatic heterocycles. The zero-order valence-corrected chi connectivity index (χ0v) is 20.2. The third-order valence-corrected chi connectivity index (χ3v) is 7.54. The Balaban J connectivity index is 1.23. The number of nitrogens with zero attached hydrogens (tertiary/aromatic N) is 5. The van der Waals surface area contributed by atoms with E-state index in [2.05, 4.69) is 19.8 Å². The van der Waals surface area contributed by atoms with E-state index in [1.807, 2.05) is 6.92 Å². The van der Waals surface area contributed by atoms with Crippen molar-refractivity contribution in [3.63, 3.8) is 0 Å². The van der Waals surface area contributed by atoms with Crippen LogP contribution < -0.4 is 9.64 Å². The molecule has 4 heterocycles. The van der Waals surface area contributed by atoms with Gasteiger partial charge in [-0.2, -0.15) is 9.37 Å². The summed E-state index contributed by atoms with van der Waals surface area (Å²) in [6.45, 7) is 6.94. The van der Waals surface area contributed by atoms with Gasteiger partial charge in [0, 0.05) is 67.9 Å². The fourth-order valence-corrected chi connectivity index (χ4v) is 5.80. The third kappa shape index (κ3) is 4.63. The van der Waals surface area contributed by atoms with Gasteiger partial charge in [-0.05, 0) is 38.3 Å². The fourth-order valence-electron chi connectivity index (χ4n) is 5.80. The maximum Gasteiger partial charge on any atom is 0.409 e. The zero-order chi connectivity index (χ0) is 24.6. The van der Waals surface area contributed by atoms with E-state index in [4.69, 9.17) is 9.47 Å². The van der Waals surface area contributed by atoms with Gasteiger partial charge in [0.1, 0.15) is 11.6 Å². The first kappa shape index (κ1) is 23.7. The normalized spacial score (nSPS) is 21.8. The van der Waals surface area contributed by atoms with Crippen molar-refractivity contribution in [2.45, 2.75) is 32.2 Å². The Morgan fingerprint density at radius 1 is 1.17 bits per heavy atom. The van der Waals surface area contributed by atoms with Gasteiger partial charge in [-0.1, -0.05) is 0 Å². The minimum atomic E-state index is -0.717. The van der Waals surface area contributed by atoms with E-state index in [1.165, 1.54) is 19.4 Å². The van der Waals surface area contributed by atoms with Crippen LogP contribution in [0.5, 0.6) is 5.88 Å². The molecule has 1 saturated carbocycles. The topological polar surface area (TPSA) is 71.0 Å². The van der Waals surface area contributed by atoms with Gasteiger partial charge in [0.15, 0.2) is 0 Å². The van der Waals surface area contributed by atoms with Crippen molar-refractivity contribution in [1.29, 1.82) is 0 Å². The standard InChI is InChI=1S/C25H31F2N5O3/c1-3-35-24(33)32-15-25(16-32)7-6-18(13-25)30-8-10-31(11-9-30)23-20(12-17(26)14-28-23)19-4-5-21(34-2)29-22(19)27/h4-5,12,14,18H,3,6-11,13,15-16H2,1-2H3/t18-/m1/s1. The number of pyridine rings is 2. The van der Waals surface area contributed by atoms with E-state index >= 15 is 0 Å². The minimum absolute atomic E-state index is 0.164. The van der Waals surface area contributed by atoms with Crippen molar-refractivity contribution in [3.05, 3.63) is 36.2 Å². The summed E-state index contributed by atoms with van der Waals surface area (Å²) in [6.07, 6.45) is 4.31. The lowest BCUT2D eigenvalue weighted by atomic mass is 9.78. The number of anilines is 1. The molecule has 0 unspecified atom stereocenters. The summed E-state index contributed by atoms with van der Waals surface area (Å²) >= 11 is 0. The van der Waals surface area contributed by atoms with Crippen LogP contribution in [0.1, 0.15) is 26.2 Å². The van der Waals surface area contributed by atoms with Gasteiger partial charge >= 0.3 is 6.09 Å². The molecule has 1 amide bonds. The summed E-state index contributed by atoms with van der Waals surface area (Å²) in [7, 11) is 1.42. The van der Waals surface area contributed by atoms with E-state index in [9.17, 15) is 13.6 Å². The lowest BCUT2D eigenvalue weighted by molar-refractivity contribution is -0.00294. The largest absolute Gasteiger partial charge is 0.481 e. The number of carbonyl (C=O) groups is 1. The Bertz CT molecular complexity index is 1090. The maximum atomic E-state index is 14.7. The Labute approximate surface area is 203 Å². The molecule has 2 aromatic heterocycles. The molecule has 0 radical (unpaired) electrons. The second-order valence-corrected chi connectivity index (χ2v) is 9.69. The highest BCUT2D eigenvalue weighted by molar-refractivity contribution is 5.76. The average molecular weight is 488 g/mol. The molecule has 8 nitrogen and oxygen atoms in total. The molecule has 0 bridgehead atoms. The Kier molecular flexibility index (Phi) is 6.48. The summed E-state index contributed by atoms with van der Waals surface area (Å²) in [5.41, 5.74) is 0.808. The van der Waals surface area contributed by atoms with Crippen LogP contribution in [0, 0.1) is 17.2 Å². The van der Waals surface area contributed by atoms with E-state index < -0.39 is 11.8 Å². The average Bonchev–Trinajstić information content (AvgIpc) is 3.29. The number of ether oxygens (including phenoxy) is 2. The summed E-state index contributed by atoms with van der Waals surface area (Å²) in [6, 6.07) is 4.91. The van der Waals surface area contributed by atoms with Gasteiger partial charge in [-0.3, -0.25) is 4.90 Å². The number of piperazine rings is 1. The number of methoxy groups -OCH3 is 1. The highest BCUT2D eigenvalue weighted by Crippen LogP contribution is 2.47. The quantitative estimate of drug-likeness (QED) is 0.598. The number of hydrogen-bond donors (Lipinski definition) is 0. The highest BCUT2D eigenvalue weighted by Gasteiger charge is 2.51. The molecule has 0 aromatic carbocycles. The lowest BCUT2D eigenvalue weighted by Gasteiger charge is -2.48. The van der Waals surface area contributed by atoms with Crippen LogP contribution in [0.4, 0.5) is 19.4 Å². The first-order valence-corrected chi connectivity index (χ1v) is 12.2. The molecule has 188 valence electrons. The first-order valence-electron chi connectivity index (χ1n) is 12.2. The van der Waals surface area contributed by atoms with E-state index in [-0.39, 0.29) is 23.0 Å². The Hall–Kier alpha value is -3.01. The number of carbonyl (C=O) groups excluding carboxylic acids is 1. The Morgan fingerprint density at radius 3 is 2.63 bits per heavy atom. The maximum absolute atomic E-state index is 14.7. The van der Waals surface area contributed by atoms with Crippen molar-refractivity contribution in [1.82, 2.24) is 19.8 Å². The molecule has 2 aromatic rings. The second-order valence-electron chi connectivity index (χ2n) is 9.69. The summed E-state index contributed by atoms with van der Waals surface area (Å²) in [4.78, 5) is 26.5. The number of halogens is 2. The van der Waals surface area contributed by atoms with Gasteiger partial charge in [-0.15, -0.1) is 0 Å². The molecule has 35 heavy (non-hydrogen) atoms. The van der Waals surface area contributed by atoms with Crippen LogP contribution in [0.3, 0.4) is 0 Å². The zero-order valence-electron chi connectivity index (χ0n) is 20.2. The smallest absolute Gasteiger partial charge is 0.409 e. The molecule has 1 spiro atoms. The molecule has 5 rings (SSSR count).